The first-order valence-electron chi connectivity index (χ1n) is 4.77. The van der Waals surface area contributed by atoms with Crippen molar-refractivity contribution in [3.63, 3.8) is 0 Å². The zero-order valence-corrected chi connectivity index (χ0v) is 8.46. The van der Waals surface area contributed by atoms with Gasteiger partial charge >= 0.3 is 0 Å². The maximum absolute atomic E-state index is 5.39. The third kappa shape index (κ3) is 3.93. The van der Waals surface area contributed by atoms with E-state index in [1.54, 1.807) is 0 Å². The highest BCUT2D eigenvalue weighted by Gasteiger charge is 1.83. The second-order valence-corrected chi connectivity index (χ2v) is 3.08. The van der Waals surface area contributed by atoms with Crippen LogP contribution in [0, 0.1) is 11.8 Å². The van der Waals surface area contributed by atoms with Gasteiger partial charge in [0.25, 0.3) is 0 Å². The molecule has 14 heavy (non-hydrogen) atoms. The lowest BCUT2D eigenvalue weighted by atomic mass is 10.2. The van der Waals surface area contributed by atoms with Gasteiger partial charge in [0.1, 0.15) is 0 Å². The van der Waals surface area contributed by atoms with Crippen LogP contribution in [-0.2, 0) is 0 Å². The average molecular weight is 185 g/mol. The van der Waals surface area contributed by atoms with Crippen molar-refractivity contribution >= 4 is 0 Å². The number of rotatable bonds is 2. The van der Waals surface area contributed by atoms with E-state index < -0.39 is 0 Å². The van der Waals surface area contributed by atoms with Crippen molar-refractivity contribution in [1.82, 2.24) is 0 Å². The first-order valence-corrected chi connectivity index (χ1v) is 4.77. The molecule has 0 fully saturated rings. The zero-order chi connectivity index (χ0) is 10.2. The van der Waals surface area contributed by atoms with Crippen LogP contribution in [0.15, 0.2) is 42.0 Å². The molecule has 1 aromatic carbocycles. The second-order valence-electron chi connectivity index (χ2n) is 3.08. The third-order valence-electron chi connectivity index (χ3n) is 1.79. The smallest absolute Gasteiger partial charge is 0.0248 e. The van der Waals surface area contributed by atoms with E-state index in [0.29, 0.717) is 6.54 Å². The van der Waals surface area contributed by atoms with Gasteiger partial charge in [0.2, 0.25) is 0 Å². The minimum atomic E-state index is 0.685. The van der Waals surface area contributed by atoms with Crippen molar-refractivity contribution in [2.45, 2.75) is 13.3 Å². The molecule has 0 heterocycles. The van der Waals surface area contributed by atoms with Crippen LogP contribution in [0.3, 0.4) is 0 Å². The van der Waals surface area contributed by atoms with Gasteiger partial charge in [0.05, 0.1) is 0 Å². The topological polar surface area (TPSA) is 26.0 Å². The molecule has 0 aliphatic carbocycles. The summed E-state index contributed by atoms with van der Waals surface area (Å²) in [6.07, 6.45) is 2.96. The molecule has 0 unspecified atom stereocenters. The lowest BCUT2D eigenvalue weighted by Gasteiger charge is -1.89. The fourth-order valence-corrected chi connectivity index (χ4v) is 1.04. The predicted octanol–water partition coefficient (Wildman–Crippen LogP) is 2.33. The molecule has 0 saturated carbocycles. The molecule has 2 N–H and O–H groups in total. The normalized spacial score (nSPS) is 10.6. The standard InChI is InChI=1S/C13H15N/c1-12(6-5-11-14)9-10-13-7-3-2-4-8-13/h2-4,6-8H,5,11,14H2,1H3/b12-6-. The molecule has 0 aliphatic heterocycles. The van der Waals surface area contributed by atoms with Crippen molar-refractivity contribution < 1.29 is 0 Å². The zero-order valence-electron chi connectivity index (χ0n) is 8.46. The summed E-state index contributed by atoms with van der Waals surface area (Å²) in [6, 6.07) is 9.97. The van der Waals surface area contributed by atoms with Gasteiger partial charge in [-0.25, -0.2) is 0 Å². The third-order valence-corrected chi connectivity index (χ3v) is 1.79. The Bertz CT molecular complexity index is 352. The van der Waals surface area contributed by atoms with Crippen molar-refractivity contribution in [3.8, 4) is 11.8 Å². The highest BCUT2D eigenvalue weighted by Crippen LogP contribution is 1.97. The molecule has 0 aromatic heterocycles. The maximum Gasteiger partial charge on any atom is 0.0248 e. The molecule has 0 atom stereocenters. The van der Waals surface area contributed by atoms with E-state index in [4.69, 9.17) is 5.73 Å². The van der Waals surface area contributed by atoms with E-state index in [1.165, 1.54) is 0 Å². The van der Waals surface area contributed by atoms with Gasteiger partial charge < -0.3 is 5.73 Å². The summed E-state index contributed by atoms with van der Waals surface area (Å²) in [5, 5.41) is 0. The van der Waals surface area contributed by atoms with Crippen LogP contribution >= 0.6 is 0 Å². The molecule has 0 bridgehead atoms. The molecular weight excluding hydrogens is 170 g/mol. The van der Waals surface area contributed by atoms with Crippen LogP contribution in [-0.4, -0.2) is 6.54 Å². The summed E-state index contributed by atoms with van der Waals surface area (Å²) < 4.78 is 0. The van der Waals surface area contributed by atoms with E-state index >= 15 is 0 Å². The maximum atomic E-state index is 5.39. The first kappa shape index (κ1) is 10.6. The van der Waals surface area contributed by atoms with Crippen molar-refractivity contribution in [3.05, 3.63) is 47.5 Å². The molecule has 0 radical (unpaired) electrons. The summed E-state index contributed by atoms with van der Waals surface area (Å²) >= 11 is 0. The molecule has 0 spiro atoms. The first-order chi connectivity index (χ1) is 6.83. The van der Waals surface area contributed by atoms with E-state index in [9.17, 15) is 0 Å². The van der Waals surface area contributed by atoms with Crippen LogP contribution in [0.4, 0.5) is 0 Å². The minimum absolute atomic E-state index is 0.685. The van der Waals surface area contributed by atoms with Crippen LogP contribution < -0.4 is 5.73 Å². The minimum Gasteiger partial charge on any atom is -0.330 e. The SMILES string of the molecule is C/C(C#Cc1ccccc1)=C/CCN. The second kappa shape index (κ2) is 6.01. The van der Waals surface area contributed by atoms with Gasteiger partial charge in [-0.2, -0.15) is 0 Å². The van der Waals surface area contributed by atoms with E-state index in [-0.39, 0.29) is 0 Å². The highest BCUT2D eigenvalue weighted by atomic mass is 14.5. The average Bonchev–Trinajstić information content (AvgIpc) is 2.25. The summed E-state index contributed by atoms with van der Waals surface area (Å²) in [5.41, 5.74) is 7.52. The molecule has 1 heteroatoms. The molecule has 0 amide bonds. The molecule has 72 valence electrons. The number of benzene rings is 1. The fourth-order valence-electron chi connectivity index (χ4n) is 1.04. The summed E-state index contributed by atoms with van der Waals surface area (Å²) in [5.74, 6) is 6.18. The highest BCUT2D eigenvalue weighted by molar-refractivity contribution is 5.39. The molecular formula is C13H15N. The van der Waals surface area contributed by atoms with Crippen LogP contribution in [0.5, 0.6) is 0 Å². The van der Waals surface area contributed by atoms with Crippen molar-refractivity contribution in [2.75, 3.05) is 6.54 Å². The Hall–Kier alpha value is -1.52. The Balaban J connectivity index is 2.64. The van der Waals surface area contributed by atoms with E-state index in [1.807, 2.05) is 37.3 Å². The summed E-state index contributed by atoms with van der Waals surface area (Å²) in [4.78, 5) is 0. The summed E-state index contributed by atoms with van der Waals surface area (Å²) in [6.45, 7) is 2.69. The van der Waals surface area contributed by atoms with Crippen LogP contribution in [0.25, 0.3) is 0 Å². The molecule has 1 rings (SSSR count). The van der Waals surface area contributed by atoms with Gasteiger partial charge in [-0.05, 0) is 37.6 Å². The monoisotopic (exact) mass is 185 g/mol. The van der Waals surface area contributed by atoms with Gasteiger partial charge in [-0.15, -0.1) is 0 Å². The molecule has 1 nitrogen and oxygen atoms in total. The fraction of sp³-hybridized carbons (Fsp3) is 0.231. The number of allylic oxidation sites excluding steroid dienone is 1. The largest absolute Gasteiger partial charge is 0.330 e. The van der Waals surface area contributed by atoms with Crippen LogP contribution in [0.1, 0.15) is 18.9 Å². The van der Waals surface area contributed by atoms with E-state index in [0.717, 1.165) is 17.6 Å². The predicted molar refractivity (Wildman–Crippen MR) is 60.7 cm³/mol. The lowest BCUT2D eigenvalue weighted by Crippen LogP contribution is -1.95. The lowest BCUT2D eigenvalue weighted by molar-refractivity contribution is 1.00. The Morgan fingerprint density at radius 3 is 2.71 bits per heavy atom. The number of hydrogen-bond donors (Lipinski definition) is 1. The molecule has 0 saturated heterocycles. The number of nitrogens with two attached hydrogens (primary N) is 1. The number of hydrogen-bond acceptors (Lipinski definition) is 1. The van der Waals surface area contributed by atoms with E-state index in [2.05, 4.69) is 17.9 Å². The quantitative estimate of drug-likeness (QED) is 0.703. The van der Waals surface area contributed by atoms with Crippen LogP contribution in [0.2, 0.25) is 0 Å². The van der Waals surface area contributed by atoms with Gasteiger partial charge in [-0.3, -0.25) is 0 Å². The van der Waals surface area contributed by atoms with Gasteiger partial charge in [-0.1, -0.05) is 36.1 Å². The van der Waals surface area contributed by atoms with Crippen molar-refractivity contribution in [2.24, 2.45) is 5.73 Å². The van der Waals surface area contributed by atoms with Gasteiger partial charge in [0, 0.05) is 5.56 Å². The Morgan fingerprint density at radius 2 is 2.07 bits per heavy atom. The Morgan fingerprint density at radius 1 is 1.36 bits per heavy atom. The van der Waals surface area contributed by atoms with Gasteiger partial charge in [0.15, 0.2) is 0 Å². The Kier molecular flexibility index (Phi) is 4.54. The molecule has 1 aromatic rings. The van der Waals surface area contributed by atoms with Crippen molar-refractivity contribution in [1.29, 1.82) is 0 Å². The molecule has 0 aliphatic rings. The summed E-state index contributed by atoms with van der Waals surface area (Å²) in [7, 11) is 0. The Labute approximate surface area is 85.6 Å².